The molecule has 0 aliphatic rings. The van der Waals surface area contributed by atoms with Gasteiger partial charge in [-0.3, -0.25) is 0 Å². The average Bonchev–Trinajstić information content (AvgIpc) is 2.17. The van der Waals surface area contributed by atoms with Gasteiger partial charge in [0.25, 0.3) is 0 Å². The van der Waals surface area contributed by atoms with Crippen LogP contribution in [-0.2, 0) is 9.53 Å². The van der Waals surface area contributed by atoms with Crippen molar-refractivity contribution in [2.75, 3.05) is 6.61 Å². The van der Waals surface area contributed by atoms with E-state index in [0.29, 0.717) is 6.61 Å². The smallest absolute Gasteiger partial charge is 0.330 e. The van der Waals surface area contributed by atoms with Gasteiger partial charge in [0.15, 0.2) is 0 Å². The Morgan fingerprint density at radius 3 is 2.50 bits per heavy atom. The third kappa shape index (κ3) is 9.30. The first-order chi connectivity index (χ1) is 6.81. The second-order valence-corrected chi connectivity index (χ2v) is 3.36. The fourth-order valence-corrected chi connectivity index (χ4v) is 1.24. The van der Waals surface area contributed by atoms with E-state index in [4.69, 9.17) is 4.74 Å². The molecule has 2 heteroatoms. The molecule has 0 atom stereocenters. The van der Waals surface area contributed by atoms with Gasteiger partial charge in [0.2, 0.25) is 0 Å². The summed E-state index contributed by atoms with van der Waals surface area (Å²) >= 11 is 0. The highest BCUT2D eigenvalue weighted by Crippen LogP contribution is 2.05. The molecule has 0 N–H and O–H groups in total. The molecule has 0 rings (SSSR count). The maximum atomic E-state index is 10.9. The molecule has 0 aromatic rings. The molecule has 0 heterocycles. The lowest BCUT2D eigenvalue weighted by molar-refractivity contribution is -0.137. The number of carbonyl (C=O) groups excluding carboxylic acids is 1. The van der Waals surface area contributed by atoms with E-state index in [1.807, 2.05) is 13.0 Å². The minimum absolute atomic E-state index is 0.221. The minimum atomic E-state index is -0.221. The van der Waals surface area contributed by atoms with Gasteiger partial charge in [-0.25, -0.2) is 4.79 Å². The Bertz CT molecular complexity index is 162. The third-order valence-electron chi connectivity index (χ3n) is 2.01. The van der Waals surface area contributed by atoms with Gasteiger partial charge in [-0.2, -0.15) is 0 Å². The molecule has 0 aromatic heterocycles. The first-order valence-corrected chi connectivity index (χ1v) is 5.64. The lowest BCUT2D eigenvalue weighted by Gasteiger charge is -1.96. The van der Waals surface area contributed by atoms with Crippen molar-refractivity contribution in [2.45, 2.75) is 52.4 Å². The Hall–Kier alpha value is -0.790. The fraction of sp³-hybridized carbons (Fsp3) is 0.750. The molecule has 0 radical (unpaired) electrons. The van der Waals surface area contributed by atoms with Crippen molar-refractivity contribution in [1.29, 1.82) is 0 Å². The zero-order valence-corrected chi connectivity index (χ0v) is 9.42. The molecule has 0 unspecified atom stereocenters. The van der Waals surface area contributed by atoms with Crippen molar-refractivity contribution in [2.24, 2.45) is 0 Å². The maximum absolute atomic E-state index is 10.9. The van der Waals surface area contributed by atoms with Gasteiger partial charge in [0, 0.05) is 6.08 Å². The minimum Gasteiger partial charge on any atom is -0.463 e. The van der Waals surface area contributed by atoms with Crippen molar-refractivity contribution in [1.82, 2.24) is 0 Å². The van der Waals surface area contributed by atoms with Gasteiger partial charge in [-0.1, -0.05) is 38.7 Å². The molecule has 82 valence electrons. The van der Waals surface area contributed by atoms with E-state index in [9.17, 15) is 4.79 Å². The highest BCUT2D eigenvalue weighted by atomic mass is 16.5. The van der Waals surface area contributed by atoms with E-state index >= 15 is 0 Å². The monoisotopic (exact) mass is 198 g/mol. The number of esters is 1. The standard InChI is InChI=1S/C12H22O2/c1-3-5-6-7-8-9-10-11-12(13)14-4-2/h10-11H,3-9H2,1-2H3/b11-10+. The van der Waals surface area contributed by atoms with Gasteiger partial charge in [-0.15, -0.1) is 0 Å². The van der Waals surface area contributed by atoms with Crippen LogP contribution in [0, 0.1) is 0 Å². The maximum Gasteiger partial charge on any atom is 0.330 e. The van der Waals surface area contributed by atoms with E-state index in [2.05, 4.69) is 6.92 Å². The fourth-order valence-electron chi connectivity index (χ4n) is 1.24. The molecule has 0 aliphatic heterocycles. The SMILES string of the molecule is CCCCCCC/C=C/C(=O)OCC. The van der Waals surface area contributed by atoms with E-state index in [1.54, 1.807) is 0 Å². The molecule has 0 aliphatic carbocycles. The normalized spacial score (nSPS) is 10.7. The highest BCUT2D eigenvalue weighted by molar-refractivity contribution is 5.81. The van der Waals surface area contributed by atoms with E-state index in [1.165, 1.54) is 38.2 Å². The summed E-state index contributed by atoms with van der Waals surface area (Å²) in [7, 11) is 0. The van der Waals surface area contributed by atoms with Crippen LogP contribution in [0.1, 0.15) is 52.4 Å². The van der Waals surface area contributed by atoms with Crippen LogP contribution in [0.4, 0.5) is 0 Å². The molecule has 2 nitrogen and oxygen atoms in total. The van der Waals surface area contributed by atoms with Crippen LogP contribution in [0.15, 0.2) is 12.2 Å². The quantitative estimate of drug-likeness (QED) is 0.339. The van der Waals surface area contributed by atoms with Crippen molar-refractivity contribution in [3.8, 4) is 0 Å². The summed E-state index contributed by atoms with van der Waals surface area (Å²) in [6.45, 7) is 4.48. The van der Waals surface area contributed by atoms with E-state index < -0.39 is 0 Å². The zero-order valence-electron chi connectivity index (χ0n) is 9.42. The number of rotatable bonds is 8. The summed E-state index contributed by atoms with van der Waals surface area (Å²) in [5, 5.41) is 0. The van der Waals surface area contributed by atoms with Gasteiger partial charge >= 0.3 is 5.97 Å². The van der Waals surface area contributed by atoms with Crippen LogP contribution in [-0.4, -0.2) is 12.6 Å². The van der Waals surface area contributed by atoms with Crippen LogP contribution in [0.5, 0.6) is 0 Å². The zero-order chi connectivity index (χ0) is 10.6. The number of unbranched alkanes of at least 4 members (excludes halogenated alkanes) is 5. The third-order valence-corrected chi connectivity index (χ3v) is 2.01. The number of allylic oxidation sites excluding steroid dienone is 1. The topological polar surface area (TPSA) is 26.3 Å². The van der Waals surface area contributed by atoms with E-state index in [0.717, 1.165) is 6.42 Å². The Balaban J connectivity index is 3.22. The Labute approximate surface area is 87.3 Å². The number of hydrogen-bond donors (Lipinski definition) is 0. The molecular formula is C12H22O2. The van der Waals surface area contributed by atoms with Crippen LogP contribution >= 0.6 is 0 Å². The molecule has 0 saturated carbocycles. The predicted octanol–water partition coefficient (Wildman–Crippen LogP) is 3.47. The number of carbonyl (C=O) groups is 1. The predicted molar refractivity (Wildman–Crippen MR) is 59.1 cm³/mol. The Kier molecular flexibility index (Phi) is 9.71. The summed E-state index contributed by atoms with van der Waals surface area (Å²) < 4.78 is 4.76. The van der Waals surface area contributed by atoms with Gasteiger partial charge in [-0.05, 0) is 19.8 Å². The van der Waals surface area contributed by atoms with Crippen LogP contribution in [0.3, 0.4) is 0 Å². The van der Waals surface area contributed by atoms with Gasteiger partial charge in [0.1, 0.15) is 0 Å². The number of ether oxygens (including phenoxy) is 1. The van der Waals surface area contributed by atoms with Crippen LogP contribution < -0.4 is 0 Å². The summed E-state index contributed by atoms with van der Waals surface area (Å²) in [5.41, 5.74) is 0. The summed E-state index contributed by atoms with van der Waals surface area (Å²) in [6, 6.07) is 0. The first-order valence-electron chi connectivity index (χ1n) is 5.64. The Morgan fingerprint density at radius 2 is 1.86 bits per heavy atom. The average molecular weight is 198 g/mol. The second kappa shape index (κ2) is 10.3. The highest BCUT2D eigenvalue weighted by Gasteiger charge is 1.92. The van der Waals surface area contributed by atoms with Crippen molar-refractivity contribution >= 4 is 5.97 Å². The Morgan fingerprint density at radius 1 is 1.14 bits per heavy atom. The van der Waals surface area contributed by atoms with Crippen LogP contribution in [0.25, 0.3) is 0 Å². The summed E-state index contributed by atoms with van der Waals surface area (Å²) in [6.07, 6.45) is 10.8. The van der Waals surface area contributed by atoms with E-state index in [-0.39, 0.29) is 5.97 Å². The van der Waals surface area contributed by atoms with Gasteiger partial charge < -0.3 is 4.74 Å². The molecule has 14 heavy (non-hydrogen) atoms. The summed E-state index contributed by atoms with van der Waals surface area (Å²) in [5.74, 6) is -0.221. The molecule has 0 amide bonds. The van der Waals surface area contributed by atoms with Crippen molar-refractivity contribution < 1.29 is 9.53 Å². The van der Waals surface area contributed by atoms with Crippen molar-refractivity contribution in [3.63, 3.8) is 0 Å². The van der Waals surface area contributed by atoms with Gasteiger partial charge in [0.05, 0.1) is 6.61 Å². The van der Waals surface area contributed by atoms with Crippen LogP contribution in [0.2, 0.25) is 0 Å². The number of hydrogen-bond acceptors (Lipinski definition) is 2. The first kappa shape index (κ1) is 13.2. The largest absolute Gasteiger partial charge is 0.463 e. The summed E-state index contributed by atoms with van der Waals surface area (Å²) in [4.78, 5) is 10.9. The molecule has 0 bridgehead atoms. The molecule has 0 aromatic carbocycles. The molecule has 0 fully saturated rings. The lowest BCUT2D eigenvalue weighted by atomic mass is 10.1. The molecule has 0 spiro atoms. The molecule has 0 saturated heterocycles. The van der Waals surface area contributed by atoms with Crippen molar-refractivity contribution in [3.05, 3.63) is 12.2 Å². The lowest BCUT2D eigenvalue weighted by Crippen LogP contribution is -1.98. The second-order valence-electron chi connectivity index (χ2n) is 3.36. The molecular weight excluding hydrogens is 176 g/mol.